The summed E-state index contributed by atoms with van der Waals surface area (Å²) in [6.45, 7) is 2.88. The fraction of sp³-hybridized carbons (Fsp3) is 0.952. The number of hydrogen-bond acceptors (Lipinski definition) is 3. The predicted octanol–water partition coefficient (Wildman–Crippen LogP) is 2.72. The highest BCUT2D eigenvalue weighted by molar-refractivity contribution is 7.88. The summed E-state index contributed by atoms with van der Waals surface area (Å²) >= 11 is 0. The van der Waals surface area contributed by atoms with Crippen LogP contribution < -0.4 is 0 Å². The summed E-state index contributed by atoms with van der Waals surface area (Å²) in [5.41, 5.74) is 0.545. The van der Waals surface area contributed by atoms with Gasteiger partial charge < -0.3 is 4.90 Å². The van der Waals surface area contributed by atoms with Crippen LogP contribution in [0.3, 0.4) is 0 Å². The number of sulfonamides is 1. The van der Waals surface area contributed by atoms with E-state index in [9.17, 15) is 13.2 Å². The Labute approximate surface area is 163 Å². The molecule has 0 aromatic carbocycles. The monoisotopic (exact) mass is 394 g/mol. The van der Waals surface area contributed by atoms with E-state index in [-0.39, 0.29) is 5.92 Å². The van der Waals surface area contributed by atoms with Crippen LogP contribution in [0.15, 0.2) is 0 Å². The maximum atomic E-state index is 13.0. The summed E-state index contributed by atoms with van der Waals surface area (Å²) in [4.78, 5) is 15.2. The van der Waals surface area contributed by atoms with E-state index in [2.05, 4.69) is 4.90 Å². The number of rotatable bonds is 2. The molecular weight excluding hydrogens is 360 g/mol. The van der Waals surface area contributed by atoms with Gasteiger partial charge in [0.05, 0.1) is 6.26 Å². The van der Waals surface area contributed by atoms with E-state index in [1.807, 2.05) is 0 Å². The highest BCUT2D eigenvalue weighted by Gasteiger charge is 2.57. The van der Waals surface area contributed by atoms with Crippen molar-refractivity contribution in [2.75, 3.05) is 32.4 Å². The lowest BCUT2D eigenvalue weighted by Gasteiger charge is -2.63. The molecule has 0 aromatic heterocycles. The summed E-state index contributed by atoms with van der Waals surface area (Å²) in [7, 11) is -3.12. The van der Waals surface area contributed by atoms with E-state index in [1.165, 1.54) is 55.5 Å². The van der Waals surface area contributed by atoms with Crippen molar-refractivity contribution in [1.29, 1.82) is 0 Å². The van der Waals surface area contributed by atoms with Crippen molar-refractivity contribution in [2.24, 2.45) is 35.0 Å². The Balaban J connectivity index is 1.20. The number of likely N-dealkylation sites (tertiary alicyclic amines) is 1. The molecule has 6 aliphatic rings. The van der Waals surface area contributed by atoms with Crippen LogP contribution in [-0.4, -0.2) is 56.0 Å². The fourth-order valence-electron chi connectivity index (χ4n) is 7.78. The first-order valence-corrected chi connectivity index (χ1v) is 12.9. The summed E-state index contributed by atoms with van der Waals surface area (Å²) in [6.07, 6.45) is 12.4. The minimum atomic E-state index is -3.12. The molecule has 2 aliphatic heterocycles. The lowest BCUT2D eigenvalue weighted by atomic mass is 9.43. The lowest BCUT2D eigenvalue weighted by Crippen LogP contribution is -2.58. The van der Waals surface area contributed by atoms with Crippen LogP contribution in [0.1, 0.15) is 57.8 Å². The number of nitrogens with zero attached hydrogens (tertiary/aromatic N) is 2. The Morgan fingerprint density at radius 1 is 0.852 bits per heavy atom. The van der Waals surface area contributed by atoms with Crippen molar-refractivity contribution >= 4 is 15.9 Å². The van der Waals surface area contributed by atoms with Crippen LogP contribution >= 0.6 is 0 Å². The Morgan fingerprint density at radius 2 is 1.37 bits per heavy atom. The first-order valence-electron chi connectivity index (χ1n) is 11.1. The van der Waals surface area contributed by atoms with Gasteiger partial charge in [-0.3, -0.25) is 4.79 Å². The van der Waals surface area contributed by atoms with E-state index in [4.69, 9.17) is 0 Å². The standard InChI is InChI=1S/C21H34N2O3S/c1-27(25,26)23-6-2-17(3-7-23)20(24)22-8-4-21(5-9-22)18-11-15-10-16(13-18)14-19(21)12-15/h15-19H,2-14H2,1H3. The molecule has 152 valence electrons. The van der Waals surface area contributed by atoms with Gasteiger partial charge in [0.2, 0.25) is 15.9 Å². The van der Waals surface area contributed by atoms with Gasteiger partial charge in [-0.25, -0.2) is 12.7 Å². The number of hydrogen-bond donors (Lipinski definition) is 0. The zero-order valence-corrected chi connectivity index (χ0v) is 17.4. The first-order chi connectivity index (χ1) is 12.8. The van der Waals surface area contributed by atoms with Crippen LogP contribution in [0.2, 0.25) is 0 Å². The Kier molecular flexibility index (Phi) is 4.39. The molecular formula is C21H34N2O3S. The molecule has 0 atom stereocenters. The first kappa shape index (κ1) is 18.4. The van der Waals surface area contributed by atoms with Crippen molar-refractivity contribution in [1.82, 2.24) is 9.21 Å². The SMILES string of the molecule is CS(=O)(=O)N1CCC(C(=O)N2CCC3(CC2)C2CC4CC(C2)CC3C4)CC1. The van der Waals surface area contributed by atoms with Crippen LogP contribution in [0.25, 0.3) is 0 Å². The van der Waals surface area contributed by atoms with Crippen molar-refractivity contribution in [3.63, 3.8) is 0 Å². The highest BCUT2D eigenvalue weighted by Crippen LogP contribution is 2.65. The van der Waals surface area contributed by atoms with Gasteiger partial charge >= 0.3 is 0 Å². The molecule has 6 fully saturated rings. The molecule has 0 aromatic rings. The minimum Gasteiger partial charge on any atom is -0.342 e. The third-order valence-corrected chi connectivity index (χ3v) is 10.3. The number of carbonyl (C=O) groups is 1. The van der Waals surface area contributed by atoms with Crippen LogP contribution in [0.5, 0.6) is 0 Å². The summed E-state index contributed by atoms with van der Waals surface area (Å²) in [5, 5.41) is 0. The molecule has 1 amide bonds. The van der Waals surface area contributed by atoms with Crippen LogP contribution in [0.4, 0.5) is 0 Å². The Hall–Kier alpha value is -0.620. The summed E-state index contributed by atoms with van der Waals surface area (Å²) in [6, 6.07) is 0. The van der Waals surface area contributed by atoms with Gasteiger partial charge in [0, 0.05) is 32.1 Å². The molecule has 0 N–H and O–H groups in total. The van der Waals surface area contributed by atoms with Crippen molar-refractivity contribution in [3.05, 3.63) is 0 Å². The molecule has 27 heavy (non-hydrogen) atoms. The van der Waals surface area contributed by atoms with Crippen molar-refractivity contribution < 1.29 is 13.2 Å². The van der Waals surface area contributed by atoms with Gasteiger partial charge in [0.25, 0.3) is 0 Å². The van der Waals surface area contributed by atoms with E-state index in [0.717, 1.165) is 36.8 Å². The zero-order chi connectivity index (χ0) is 18.8. The van der Waals surface area contributed by atoms with Gasteiger partial charge in [-0.2, -0.15) is 0 Å². The minimum absolute atomic E-state index is 0.0237. The second-order valence-corrected chi connectivity index (χ2v) is 12.3. The molecule has 1 spiro atoms. The normalized spacial score (nSPS) is 39.2. The average Bonchev–Trinajstić information content (AvgIpc) is 2.65. The number of piperidine rings is 2. The third-order valence-electron chi connectivity index (χ3n) is 9.04. The van der Waals surface area contributed by atoms with Gasteiger partial charge in [0.15, 0.2) is 0 Å². The highest BCUT2D eigenvalue weighted by atomic mass is 32.2. The van der Waals surface area contributed by atoms with E-state index in [1.54, 1.807) is 0 Å². The molecule has 2 saturated heterocycles. The smallest absolute Gasteiger partial charge is 0.225 e. The second kappa shape index (κ2) is 6.45. The molecule has 6 heteroatoms. The van der Waals surface area contributed by atoms with Gasteiger partial charge in [0.1, 0.15) is 0 Å². The maximum Gasteiger partial charge on any atom is 0.225 e. The number of amides is 1. The van der Waals surface area contributed by atoms with Crippen molar-refractivity contribution in [3.8, 4) is 0 Å². The van der Waals surface area contributed by atoms with E-state index >= 15 is 0 Å². The van der Waals surface area contributed by atoms with E-state index in [0.29, 0.717) is 37.3 Å². The number of carbonyl (C=O) groups excluding carboxylic acids is 1. The molecule has 2 heterocycles. The van der Waals surface area contributed by atoms with Gasteiger partial charge in [-0.1, -0.05) is 0 Å². The largest absolute Gasteiger partial charge is 0.342 e. The summed E-state index contributed by atoms with van der Waals surface area (Å²) < 4.78 is 24.9. The van der Waals surface area contributed by atoms with Gasteiger partial charge in [-0.05, 0) is 86.9 Å². The fourth-order valence-corrected chi connectivity index (χ4v) is 8.65. The predicted molar refractivity (Wildman–Crippen MR) is 104 cm³/mol. The molecule has 0 unspecified atom stereocenters. The molecule has 0 radical (unpaired) electrons. The van der Waals surface area contributed by atoms with Gasteiger partial charge in [-0.15, -0.1) is 0 Å². The Morgan fingerprint density at radius 3 is 1.85 bits per heavy atom. The maximum absolute atomic E-state index is 13.0. The molecule has 4 bridgehead atoms. The molecule has 4 saturated carbocycles. The molecule has 5 nitrogen and oxygen atoms in total. The van der Waals surface area contributed by atoms with E-state index < -0.39 is 10.0 Å². The average molecular weight is 395 g/mol. The topological polar surface area (TPSA) is 57.7 Å². The lowest BCUT2D eigenvalue weighted by molar-refractivity contribution is -0.154. The van der Waals surface area contributed by atoms with Crippen molar-refractivity contribution in [2.45, 2.75) is 57.8 Å². The summed E-state index contributed by atoms with van der Waals surface area (Å²) in [5.74, 6) is 4.21. The van der Waals surface area contributed by atoms with Crippen LogP contribution in [-0.2, 0) is 14.8 Å². The zero-order valence-electron chi connectivity index (χ0n) is 16.6. The molecule has 4 aliphatic carbocycles. The van der Waals surface area contributed by atoms with Crippen LogP contribution in [0, 0.1) is 35.0 Å². The third kappa shape index (κ3) is 3.06. The quantitative estimate of drug-likeness (QED) is 0.724. The second-order valence-electron chi connectivity index (χ2n) is 10.3. The Bertz CT molecular complexity index is 673. The molecule has 6 rings (SSSR count).